The van der Waals surface area contributed by atoms with Crippen LogP contribution in [-0.2, 0) is 13.0 Å². The second-order valence-corrected chi connectivity index (χ2v) is 5.01. The summed E-state index contributed by atoms with van der Waals surface area (Å²) in [6.45, 7) is 4.47. The molecule has 1 N–H and O–H groups in total. The van der Waals surface area contributed by atoms with Crippen LogP contribution in [0.3, 0.4) is 0 Å². The SMILES string of the molecule is Cc1cc(CO)cc(OCCc2scnc2C)n1. The molecule has 2 aromatic heterocycles. The fourth-order valence-electron chi connectivity index (χ4n) is 1.69. The lowest BCUT2D eigenvalue weighted by molar-refractivity contribution is 0.277. The molecule has 0 saturated heterocycles. The van der Waals surface area contributed by atoms with Gasteiger partial charge in [-0.2, -0.15) is 0 Å². The van der Waals surface area contributed by atoms with Crippen LogP contribution >= 0.6 is 11.3 Å². The van der Waals surface area contributed by atoms with E-state index in [9.17, 15) is 0 Å². The van der Waals surface area contributed by atoms with E-state index in [-0.39, 0.29) is 6.61 Å². The molecular formula is C13H16N2O2S. The van der Waals surface area contributed by atoms with Crippen molar-refractivity contribution in [3.8, 4) is 5.88 Å². The molecule has 4 nitrogen and oxygen atoms in total. The third-order valence-electron chi connectivity index (χ3n) is 2.60. The minimum atomic E-state index is 0.00761. The smallest absolute Gasteiger partial charge is 0.213 e. The maximum absolute atomic E-state index is 9.11. The van der Waals surface area contributed by atoms with Crippen LogP contribution in [0.5, 0.6) is 5.88 Å². The summed E-state index contributed by atoms with van der Waals surface area (Å²) in [5.74, 6) is 0.571. The van der Waals surface area contributed by atoms with Crippen molar-refractivity contribution in [1.29, 1.82) is 0 Å². The van der Waals surface area contributed by atoms with E-state index >= 15 is 0 Å². The summed E-state index contributed by atoms with van der Waals surface area (Å²) in [5, 5.41) is 9.11. The Balaban J connectivity index is 1.94. The Morgan fingerprint density at radius 3 is 2.83 bits per heavy atom. The standard InChI is InChI=1S/C13H16N2O2S/c1-9-5-11(7-16)6-13(15-9)17-4-3-12-10(2)14-8-18-12/h5-6,8,16H,3-4,7H2,1-2H3. The fraction of sp³-hybridized carbons (Fsp3) is 0.385. The van der Waals surface area contributed by atoms with Gasteiger partial charge in [0.25, 0.3) is 0 Å². The first kappa shape index (κ1) is 13.0. The van der Waals surface area contributed by atoms with Crippen molar-refractivity contribution in [1.82, 2.24) is 9.97 Å². The van der Waals surface area contributed by atoms with E-state index in [0.29, 0.717) is 12.5 Å². The minimum Gasteiger partial charge on any atom is -0.477 e. The van der Waals surface area contributed by atoms with Crippen LogP contribution in [0, 0.1) is 13.8 Å². The molecule has 0 bridgehead atoms. The van der Waals surface area contributed by atoms with Crippen LogP contribution in [0.4, 0.5) is 0 Å². The molecule has 0 amide bonds. The summed E-state index contributed by atoms with van der Waals surface area (Å²) in [6, 6.07) is 3.62. The Kier molecular flexibility index (Phi) is 4.28. The Hall–Kier alpha value is -1.46. The van der Waals surface area contributed by atoms with Gasteiger partial charge in [-0.15, -0.1) is 11.3 Å². The number of thiazole rings is 1. The molecule has 2 rings (SSSR count). The summed E-state index contributed by atoms with van der Waals surface area (Å²) < 4.78 is 5.61. The van der Waals surface area contributed by atoms with Crippen LogP contribution in [0.1, 0.15) is 21.8 Å². The Labute approximate surface area is 110 Å². The lowest BCUT2D eigenvalue weighted by Gasteiger charge is -2.07. The molecule has 0 aliphatic heterocycles. The summed E-state index contributed by atoms with van der Waals surface area (Å²) in [7, 11) is 0. The second-order valence-electron chi connectivity index (χ2n) is 4.07. The molecule has 0 aliphatic carbocycles. The van der Waals surface area contributed by atoms with Crippen LogP contribution < -0.4 is 4.74 Å². The summed E-state index contributed by atoms with van der Waals surface area (Å²) >= 11 is 1.64. The lowest BCUT2D eigenvalue weighted by Crippen LogP contribution is -2.04. The topological polar surface area (TPSA) is 55.2 Å². The molecule has 0 unspecified atom stereocenters. The lowest BCUT2D eigenvalue weighted by atomic mass is 10.2. The van der Waals surface area contributed by atoms with E-state index in [1.54, 1.807) is 17.4 Å². The minimum absolute atomic E-state index is 0.00761. The van der Waals surface area contributed by atoms with E-state index in [0.717, 1.165) is 23.4 Å². The number of aryl methyl sites for hydroxylation is 2. The zero-order chi connectivity index (χ0) is 13.0. The quantitative estimate of drug-likeness (QED) is 0.900. The Morgan fingerprint density at radius 1 is 1.33 bits per heavy atom. The predicted octanol–water partition coefficient (Wildman–Crippen LogP) is 2.27. The van der Waals surface area contributed by atoms with Gasteiger partial charge in [-0.1, -0.05) is 0 Å². The number of aliphatic hydroxyl groups is 1. The highest BCUT2D eigenvalue weighted by molar-refractivity contribution is 7.09. The van der Waals surface area contributed by atoms with Crippen molar-refractivity contribution >= 4 is 11.3 Å². The van der Waals surface area contributed by atoms with Crippen LogP contribution in [-0.4, -0.2) is 21.7 Å². The van der Waals surface area contributed by atoms with Crippen LogP contribution in [0.25, 0.3) is 0 Å². The molecule has 0 saturated carbocycles. The zero-order valence-electron chi connectivity index (χ0n) is 10.5. The third-order valence-corrected chi connectivity index (χ3v) is 3.59. The van der Waals surface area contributed by atoms with Gasteiger partial charge in [0, 0.05) is 23.1 Å². The highest BCUT2D eigenvalue weighted by Crippen LogP contribution is 2.15. The normalized spacial score (nSPS) is 10.6. The summed E-state index contributed by atoms with van der Waals surface area (Å²) in [6.07, 6.45) is 0.834. The highest BCUT2D eigenvalue weighted by Gasteiger charge is 2.04. The van der Waals surface area contributed by atoms with Crippen LogP contribution in [0.2, 0.25) is 0 Å². The number of rotatable bonds is 5. The van der Waals surface area contributed by atoms with Gasteiger partial charge in [0.15, 0.2) is 0 Å². The van der Waals surface area contributed by atoms with Gasteiger partial charge in [-0.25, -0.2) is 9.97 Å². The first-order chi connectivity index (χ1) is 8.69. The number of nitrogens with zero attached hydrogens (tertiary/aromatic N) is 2. The zero-order valence-corrected chi connectivity index (χ0v) is 11.3. The van der Waals surface area contributed by atoms with E-state index in [1.165, 1.54) is 4.88 Å². The molecule has 5 heteroatoms. The number of hydrogen-bond acceptors (Lipinski definition) is 5. The molecule has 96 valence electrons. The molecule has 0 aliphatic rings. The monoisotopic (exact) mass is 264 g/mol. The molecule has 2 heterocycles. The molecule has 0 atom stereocenters. The van der Waals surface area contributed by atoms with Gasteiger partial charge in [-0.05, 0) is 25.5 Å². The van der Waals surface area contributed by atoms with Gasteiger partial charge < -0.3 is 9.84 Å². The van der Waals surface area contributed by atoms with Gasteiger partial charge in [0.05, 0.1) is 24.4 Å². The molecule has 2 aromatic rings. The van der Waals surface area contributed by atoms with Crippen molar-refractivity contribution in [2.75, 3.05) is 6.61 Å². The third kappa shape index (κ3) is 3.27. The van der Waals surface area contributed by atoms with Gasteiger partial charge >= 0.3 is 0 Å². The van der Waals surface area contributed by atoms with Crippen molar-refractivity contribution in [3.05, 3.63) is 39.5 Å². The van der Waals surface area contributed by atoms with Crippen molar-refractivity contribution in [3.63, 3.8) is 0 Å². The van der Waals surface area contributed by atoms with Crippen molar-refractivity contribution in [2.45, 2.75) is 26.9 Å². The maximum Gasteiger partial charge on any atom is 0.213 e. The number of aromatic nitrogens is 2. The Bertz CT molecular complexity index is 525. The summed E-state index contributed by atoms with van der Waals surface area (Å²) in [5.41, 5.74) is 4.59. The average Bonchev–Trinajstić information content (AvgIpc) is 2.74. The van der Waals surface area contributed by atoms with Crippen molar-refractivity contribution in [2.24, 2.45) is 0 Å². The van der Waals surface area contributed by atoms with Gasteiger partial charge in [0.2, 0.25) is 5.88 Å². The van der Waals surface area contributed by atoms with Gasteiger partial charge in [0.1, 0.15) is 0 Å². The van der Waals surface area contributed by atoms with E-state index < -0.39 is 0 Å². The number of hydrogen-bond donors (Lipinski definition) is 1. The average molecular weight is 264 g/mol. The first-order valence-electron chi connectivity index (χ1n) is 5.79. The Morgan fingerprint density at radius 2 is 2.17 bits per heavy atom. The highest BCUT2D eigenvalue weighted by atomic mass is 32.1. The number of ether oxygens (including phenoxy) is 1. The molecular weight excluding hydrogens is 248 g/mol. The van der Waals surface area contributed by atoms with E-state index in [2.05, 4.69) is 9.97 Å². The van der Waals surface area contributed by atoms with E-state index in [1.807, 2.05) is 25.4 Å². The molecule has 18 heavy (non-hydrogen) atoms. The first-order valence-corrected chi connectivity index (χ1v) is 6.67. The van der Waals surface area contributed by atoms with Crippen molar-refractivity contribution < 1.29 is 9.84 Å². The predicted molar refractivity (Wildman–Crippen MR) is 70.9 cm³/mol. The van der Waals surface area contributed by atoms with Crippen LogP contribution in [0.15, 0.2) is 17.6 Å². The van der Waals surface area contributed by atoms with E-state index in [4.69, 9.17) is 9.84 Å². The molecule has 0 spiro atoms. The molecule has 0 fully saturated rings. The second kappa shape index (κ2) is 5.93. The molecule has 0 aromatic carbocycles. The number of aliphatic hydroxyl groups excluding tert-OH is 1. The largest absolute Gasteiger partial charge is 0.477 e. The maximum atomic E-state index is 9.11. The van der Waals surface area contributed by atoms with Gasteiger partial charge in [-0.3, -0.25) is 0 Å². The fourth-order valence-corrected chi connectivity index (χ4v) is 2.45. The summed E-state index contributed by atoms with van der Waals surface area (Å²) in [4.78, 5) is 9.72. The number of pyridine rings is 1. The molecule has 0 radical (unpaired) electrons.